The SMILES string of the molecule is CCc1c(C)sc(NC(=O)c2cc(C(C)C)[nH]n2)c1C(=O)O. The van der Waals surface area contributed by atoms with Gasteiger partial charge in [-0.15, -0.1) is 11.3 Å². The topological polar surface area (TPSA) is 95.1 Å². The van der Waals surface area contributed by atoms with E-state index in [1.165, 1.54) is 11.3 Å². The molecule has 0 radical (unpaired) electrons. The van der Waals surface area contributed by atoms with Crippen LogP contribution in [-0.4, -0.2) is 27.2 Å². The van der Waals surface area contributed by atoms with Gasteiger partial charge in [0, 0.05) is 10.6 Å². The number of carbonyl (C=O) groups is 2. The van der Waals surface area contributed by atoms with Gasteiger partial charge in [-0.25, -0.2) is 4.79 Å². The molecular weight excluding hydrogens is 302 g/mol. The number of anilines is 1. The maximum absolute atomic E-state index is 12.3. The third-order valence-electron chi connectivity index (χ3n) is 3.46. The molecule has 2 aromatic rings. The van der Waals surface area contributed by atoms with Gasteiger partial charge in [-0.05, 0) is 30.9 Å². The predicted molar refractivity (Wildman–Crippen MR) is 86.0 cm³/mol. The number of nitrogens with zero attached hydrogens (tertiary/aromatic N) is 1. The molecule has 22 heavy (non-hydrogen) atoms. The molecule has 0 aliphatic rings. The highest BCUT2D eigenvalue weighted by Gasteiger charge is 2.23. The molecule has 0 atom stereocenters. The molecule has 0 aromatic carbocycles. The standard InChI is InChI=1S/C15H19N3O3S/c1-5-9-8(4)22-14(12(9)15(20)21)16-13(19)11-6-10(7(2)3)17-18-11/h6-7H,5H2,1-4H3,(H,16,19)(H,17,18)(H,20,21). The van der Waals surface area contributed by atoms with Gasteiger partial charge in [-0.3, -0.25) is 9.89 Å². The quantitative estimate of drug-likeness (QED) is 0.786. The smallest absolute Gasteiger partial charge is 0.339 e. The maximum atomic E-state index is 12.3. The Morgan fingerprint density at radius 3 is 2.64 bits per heavy atom. The molecule has 3 N–H and O–H groups in total. The summed E-state index contributed by atoms with van der Waals surface area (Å²) >= 11 is 1.28. The lowest BCUT2D eigenvalue weighted by molar-refractivity contribution is 0.0697. The highest BCUT2D eigenvalue weighted by atomic mass is 32.1. The molecule has 0 fully saturated rings. The first kappa shape index (κ1) is 16.2. The molecule has 1 amide bonds. The summed E-state index contributed by atoms with van der Waals surface area (Å²) in [6.07, 6.45) is 0.611. The zero-order valence-corrected chi connectivity index (χ0v) is 13.8. The first-order valence-electron chi connectivity index (χ1n) is 7.07. The van der Waals surface area contributed by atoms with Crippen molar-refractivity contribution in [1.82, 2.24) is 10.2 Å². The van der Waals surface area contributed by atoms with Crippen molar-refractivity contribution in [3.05, 3.63) is 33.5 Å². The summed E-state index contributed by atoms with van der Waals surface area (Å²) in [7, 11) is 0. The lowest BCUT2D eigenvalue weighted by Crippen LogP contribution is -2.14. The summed E-state index contributed by atoms with van der Waals surface area (Å²) in [5.74, 6) is -1.20. The van der Waals surface area contributed by atoms with Gasteiger partial charge in [0.25, 0.3) is 5.91 Å². The zero-order chi connectivity index (χ0) is 16.4. The average molecular weight is 321 g/mol. The Balaban J connectivity index is 2.30. The Hall–Kier alpha value is -2.15. The number of rotatable bonds is 5. The van der Waals surface area contributed by atoms with Crippen LogP contribution < -0.4 is 5.32 Å². The van der Waals surface area contributed by atoms with E-state index >= 15 is 0 Å². The van der Waals surface area contributed by atoms with Crippen molar-refractivity contribution in [1.29, 1.82) is 0 Å². The van der Waals surface area contributed by atoms with Crippen LogP contribution in [0, 0.1) is 6.92 Å². The number of H-pyrrole nitrogens is 1. The highest BCUT2D eigenvalue weighted by Crippen LogP contribution is 2.33. The van der Waals surface area contributed by atoms with Crippen LogP contribution in [0.5, 0.6) is 0 Å². The van der Waals surface area contributed by atoms with Crippen molar-refractivity contribution in [2.45, 2.75) is 40.0 Å². The molecular formula is C15H19N3O3S. The summed E-state index contributed by atoms with van der Waals surface area (Å²) in [5.41, 5.74) is 2.06. The van der Waals surface area contributed by atoms with Crippen LogP contribution in [0.3, 0.4) is 0 Å². The number of aromatic carboxylic acids is 1. The summed E-state index contributed by atoms with van der Waals surface area (Å²) < 4.78 is 0. The number of hydrogen-bond acceptors (Lipinski definition) is 4. The number of thiophene rings is 1. The Kier molecular flexibility index (Phi) is 4.65. The van der Waals surface area contributed by atoms with Crippen LogP contribution in [0.1, 0.15) is 63.7 Å². The fourth-order valence-electron chi connectivity index (χ4n) is 2.23. The molecule has 0 aliphatic carbocycles. The average Bonchev–Trinajstić information content (AvgIpc) is 3.03. The first-order valence-corrected chi connectivity index (χ1v) is 7.89. The Bertz CT molecular complexity index is 716. The van der Waals surface area contributed by atoms with Crippen molar-refractivity contribution in [2.75, 3.05) is 5.32 Å². The molecule has 0 saturated carbocycles. The first-order chi connectivity index (χ1) is 10.3. The van der Waals surface area contributed by atoms with E-state index in [9.17, 15) is 14.7 Å². The van der Waals surface area contributed by atoms with E-state index in [4.69, 9.17) is 0 Å². The minimum Gasteiger partial charge on any atom is -0.478 e. The van der Waals surface area contributed by atoms with Gasteiger partial charge in [0.1, 0.15) is 5.00 Å². The van der Waals surface area contributed by atoms with Crippen molar-refractivity contribution in [3.63, 3.8) is 0 Å². The normalized spacial score (nSPS) is 11.0. The van der Waals surface area contributed by atoms with Gasteiger partial charge in [-0.1, -0.05) is 20.8 Å². The van der Waals surface area contributed by atoms with E-state index in [0.717, 1.165) is 16.1 Å². The van der Waals surface area contributed by atoms with Gasteiger partial charge >= 0.3 is 5.97 Å². The van der Waals surface area contributed by atoms with Crippen molar-refractivity contribution >= 4 is 28.2 Å². The number of aromatic amines is 1. The van der Waals surface area contributed by atoms with Gasteiger partial charge in [-0.2, -0.15) is 5.10 Å². The number of carbonyl (C=O) groups excluding carboxylic acids is 1. The Labute approximate surface area is 132 Å². The van der Waals surface area contributed by atoms with Crippen LogP contribution >= 0.6 is 11.3 Å². The van der Waals surface area contributed by atoms with E-state index in [1.807, 2.05) is 27.7 Å². The van der Waals surface area contributed by atoms with Crippen LogP contribution in [0.25, 0.3) is 0 Å². The number of carboxylic acid groups (broad SMARTS) is 1. The third-order valence-corrected chi connectivity index (χ3v) is 4.52. The second kappa shape index (κ2) is 6.31. The van der Waals surface area contributed by atoms with Gasteiger partial charge in [0.05, 0.1) is 5.56 Å². The second-order valence-electron chi connectivity index (χ2n) is 5.32. The predicted octanol–water partition coefficient (Wildman–Crippen LogP) is 3.42. The molecule has 0 bridgehead atoms. The number of aromatic nitrogens is 2. The number of carboxylic acids is 1. The molecule has 7 heteroatoms. The van der Waals surface area contributed by atoms with E-state index in [1.54, 1.807) is 6.07 Å². The fraction of sp³-hybridized carbons (Fsp3) is 0.400. The summed E-state index contributed by atoms with van der Waals surface area (Å²) in [6, 6.07) is 1.68. The van der Waals surface area contributed by atoms with Gasteiger partial charge < -0.3 is 10.4 Å². The summed E-state index contributed by atoms with van der Waals surface area (Å²) in [5, 5.41) is 19.2. The Morgan fingerprint density at radius 1 is 1.45 bits per heavy atom. The lowest BCUT2D eigenvalue weighted by Gasteiger charge is -2.03. The molecule has 2 heterocycles. The molecule has 0 spiro atoms. The van der Waals surface area contributed by atoms with E-state index in [2.05, 4.69) is 15.5 Å². The third kappa shape index (κ3) is 3.04. The summed E-state index contributed by atoms with van der Waals surface area (Å²) in [6.45, 7) is 7.74. The minimum absolute atomic E-state index is 0.179. The summed E-state index contributed by atoms with van der Waals surface area (Å²) in [4.78, 5) is 24.6. The maximum Gasteiger partial charge on any atom is 0.339 e. The molecule has 2 rings (SSSR count). The molecule has 6 nitrogen and oxygen atoms in total. The van der Waals surface area contributed by atoms with Gasteiger partial charge in [0.2, 0.25) is 0 Å². The lowest BCUT2D eigenvalue weighted by atomic mass is 10.1. The number of nitrogens with one attached hydrogen (secondary N) is 2. The van der Waals surface area contributed by atoms with E-state index in [0.29, 0.717) is 11.4 Å². The second-order valence-corrected chi connectivity index (χ2v) is 6.54. The molecule has 2 aromatic heterocycles. The van der Waals surface area contributed by atoms with Gasteiger partial charge in [0.15, 0.2) is 5.69 Å². The van der Waals surface area contributed by atoms with Crippen LogP contribution in [0.2, 0.25) is 0 Å². The number of aryl methyl sites for hydroxylation is 1. The van der Waals surface area contributed by atoms with Crippen LogP contribution in [0.4, 0.5) is 5.00 Å². The largest absolute Gasteiger partial charge is 0.478 e. The molecule has 0 unspecified atom stereocenters. The molecule has 0 saturated heterocycles. The van der Waals surface area contributed by atoms with Crippen molar-refractivity contribution in [3.8, 4) is 0 Å². The highest BCUT2D eigenvalue weighted by molar-refractivity contribution is 7.16. The minimum atomic E-state index is -1.03. The zero-order valence-electron chi connectivity index (χ0n) is 13.0. The van der Waals surface area contributed by atoms with Crippen molar-refractivity contribution in [2.24, 2.45) is 0 Å². The Morgan fingerprint density at radius 2 is 2.14 bits per heavy atom. The van der Waals surface area contributed by atoms with E-state index < -0.39 is 11.9 Å². The fourth-order valence-corrected chi connectivity index (χ4v) is 3.37. The monoisotopic (exact) mass is 321 g/mol. The number of amides is 1. The van der Waals surface area contributed by atoms with Crippen molar-refractivity contribution < 1.29 is 14.7 Å². The molecule has 118 valence electrons. The number of hydrogen-bond donors (Lipinski definition) is 3. The molecule has 0 aliphatic heterocycles. The van der Waals surface area contributed by atoms with Crippen LogP contribution in [-0.2, 0) is 6.42 Å². The van der Waals surface area contributed by atoms with Crippen LogP contribution in [0.15, 0.2) is 6.07 Å². The van der Waals surface area contributed by atoms with E-state index in [-0.39, 0.29) is 17.2 Å².